The smallest absolute Gasteiger partial charge is 0.234 e. The van der Waals surface area contributed by atoms with Gasteiger partial charge in [0.2, 0.25) is 11.8 Å². The molecule has 1 aromatic carbocycles. The number of imide groups is 1. The summed E-state index contributed by atoms with van der Waals surface area (Å²) in [6.45, 7) is 0. The monoisotopic (exact) mass is 427 g/mol. The minimum atomic E-state index is -0.367. The SMILES string of the molecule is O=C1CC(c2sccc2Br)C(c2ccccc2Br)C(=O)N1. The van der Waals surface area contributed by atoms with Crippen molar-refractivity contribution in [1.29, 1.82) is 0 Å². The van der Waals surface area contributed by atoms with E-state index in [1.165, 1.54) is 0 Å². The summed E-state index contributed by atoms with van der Waals surface area (Å²) in [5.74, 6) is -0.954. The number of nitrogens with one attached hydrogen (secondary N) is 1. The summed E-state index contributed by atoms with van der Waals surface area (Å²) in [7, 11) is 0. The number of carbonyl (C=O) groups is 2. The largest absolute Gasteiger partial charge is 0.296 e. The van der Waals surface area contributed by atoms with Gasteiger partial charge in [0.15, 0.2) is 0 Å². The summed E-state index contributed by atoms with van der Waals surface area (Å²) >= 11 is 8.60. The lowest BCUT2D eigenvalue weighted by atomic mass is 9.79. The Morgan fingerprint density at radius 2 is 1.86 bits per heavy atom. The van der Waals surface area contributed by atoms with Crippen LogP contribution in [0.2, 0.25) is 0 Å². The molecule has 2 atom stereocenters. The molecule has 2 heterocycles. The van der Waals surface area contributed by atoms with Crippen LogP contribution in [-0.2, 0) is 9.59 Å². The molecular weight excluding hydrogens is 418 g/mol. The molecular formula is C15H11Br2NO2S. The molecule has 1 fully saturated rings. The van der Waals surface area contributed by atoms with Crippen LogP contribution in [0.3, 0.4) is 0 Å². The second-order valence-electron chi connectivity index (χ2n) is 4.86. The number of thiophene rings is 1. The van der Waals surface area contributed by atoms with Crippen LogP contribution in [0.4, 0.5) is 0 Å². The first-order valence-corrected chi connectivity index (χ1v) is 8.85. The molecule has 0 bridgehead atoms. The van der Waals surface area contributed by atoms with Gasteiger partial charge in [0.25, 0.3) is 0 Å². The Morgan fingerprint density at radius 3 is 2.52 bits per heavy atom. The number of carbonyl (C=O) groups excluding carboxylic acids is 2. The molecule has 0 aliphatic carbocycles. The topological polar surface area (TPSA) is 46.2 Å². The number of benzene rings is 1. The Bertz CT molecular complexity index is 713. The van der Waals surface area contributed by atoms with Gasteiger partial charge in [-0.2, -0.15) is 0 Å². The molecule has 2 amide bonds. The van der Waals surface area contributed by atoms with Crippen molar-refractivity contribution in [2.45, 2.75) is 18.3 Å². The first-order valence-electron chi connectivity index (χ1n) is 6.39. The average Bonchev–Trinajstić information content (AvgIpc) is 2.85. The minimum Gasteiger partial charge on any atom is -0.296 e. The average molecular weight is 429 g/mol. The maximum atomic E-state index is 12.4. The predicted octanol–water partition coefficient (Wildman–Crippen LogP) is 4.19. The molecule has 3 nitrogen and oxygen atoms in total. The minimum absolute atomic E-state index is 0.140. The van der Waals surface area contributed by atoms with E-state index in [0.29, 0.717) is 6.42 Å². The molecule has 0 spiro atoms. The summed E-state index contributed by atoms with van der Waals surface area (Å²) in [5.41, 5.74) is 0.910. The van der Waals surface area contributed by atoms with Crippen molar-refractivity contribution >= 4 is 55.0 Å². The molecule has 108 valence electrons. The van der Waals surface area contributed by atoms with Crippen molar-refractivity contribution in [2.75, 3.05) is 0 Å². The molecule has 2 unspecified atom stereocenters. The molecule has 1 aliphatic heterocycles. The van der Waals surface area contributed by atoms with E-state index in [4.69, 9.17) is 0 Å². The van der Waals surface area contributed by atoms with E-state index in [1.807, 2.05) is 35.7 Å². The van der Waals surface area contributed by atoms with Crippen molar-refractivity contribution in [1.82, 2.24) is 5.32 Å². The van der Waals surface area contributed by atoms with Crippen LogP contribution in [0.1, 0.15) is 28.7 Å². The van der Waals surface area contributed by atoms with Gasteiger partial charge in [0.1, 0.15) is 0 Å². The highest BCUT2D eigenvalue weighted by atomic mass is 79.9. The second kappa shape index (κ2) is 6.02. The fraction of sp³-hybridized carbons (Fsp3) is 0.200. The summed E-state index contributed by atoms with van der Waals surface area (Å²) in [4.78, 5) is 25.2. The van der Waals surface area contributed by atoms with Crippen LogP contribution >= 0.6 is 43.2 Å². The van der Waals surface area contributed by atoms with Crippen molar-refractivity contribution < 1.29 is 9.59 Å². The summed E-state index contributed by atoms with van der Waals surface area (Å²) in [6.07, 6.45) is 0.316. The number of hydrogen-bond donors (Lipinski definition) is 1. The Hall–Kier alpha value is -0.980. The zero-order chi connectivity index (χ0) is 15.0. The van der Waals surface area contributed by atoms with E-state index in [2.05, 4.69) is 37.2 Å². The molecule has 0 saturated carbocycles. The van der Waals surface area contributed by atoms with E-state index in [0.717, 1.165) is 19.4 Å². The highest BCUT2D eigenvalue weighted by molar-refractivity contribution is 9.10. The van der Waals surface area contributed by atoms with Crippen LogP contribution in [0.5, 0.6) is 0 Å². The quantitative estimate of drug-likeness (QED) is 0.729. The zero-order valence-electron chi connectivity index (χ0n) is 10.8. The normalized spacial score (nSPS) is 22.2. The number of piperidine rings is 1. The zero-order valence-corrected chi connectivity index (χ0v) is 14.8. The molecule has 6 heteroatoms. The highest BCUT2D eigenvalue weighted by Crippen LogP contribution is 2.45. The van der Waals surface area contributed by atoms with Gasteiger partial charge in [-0.3, -0.25) is 14.9 Å². The van der Waals surface area contributed by atoms with E-state index in [9.17, 15) is 9.59 Å². The number of halogens is 2. The van der Waals surface area contributed by atoms with Crippen molar-refractivity contribution in [3.63, 3.8) is 0 Å². The van der Waals surface area contributed by atoms with E-state index >= 15 is 0 Å². The van der Waals surface area contributed by atoms with Crippen LogP contribution in [0.25, 0.3) is 0 Å². The third-order valence-corrected chi connectivity index (χ3v) is 6.30. The first-order chi connectivity index (χ1) is 10.1. The number of rotatable bonds is 2. The van der Waals surface area contributed by atoms with E-state index < -0.39 is 0 Å². The van der Waals surface area contributed by atoms with E-state index in [1.54, 1.807) is 11.3 Å². The van der Waals surface area contributed by atoms with Crippen LogP contribution in [0.15, 0.2) is 44.7 Å². The molecule has 3 rings (SSSR count). The molecule has 1 N–H and O–H groups in total. The van der Waals surface area contributed by atoms with Gasteiger partial charge in [0, 0.05) is 26.2 Å². The van der Waals surface area contributed by atoms with Crippen molar-refractivity contribution in [2.24, 2.45) is 0 Å². The Balaban J connectivity index is 2.10. The fourth-order valence-corrected chi connectivity index (χ4v) is 5.00. The molecule has 2 aromatic rings. The maximum absolute atomic E-state index is 12.4. The summed E-state index contributed by atoms with van der Waals surface area (Å²) in [5, 5.41) is 4.42. The number of amides is 2. The van der Waals surface area contributed by atoms with Gasteiger partial charge in [0.05, 0.1) is 5.92 Å². The fourth-order valence-electron chi connectivity index (χ4n) is 2.67. The summed E-state index contributed by atoms with van der Waals surface area (Å²) in [6, 6.07) is 9.62. The standard InChI is InChI=1S/C15H11Br2NO2S/c16-10-4-2-1-3-8(10)13-9(7-12(19)18-15(13)20)14-11(17)5-6-21-14/h1-6,9,13H,7H2,(H,18,19,20). The van der Waals surface area contributed by atoms with Gasteiger partial charge >= 0.3 is 0 Å². The van der Waals surface area contributed by atoms with Gasteiger partial charge in [-0.25, -0.2) is 0 Å². The lowest BCUT2D eigenvalue weighted by Gasteiger charge is -2.30. The molecule has 21 heavy (non-hydrogen) atoms. The van der Waals surface area contributed by atoms with Crippen LogP contribution < -0.4 is 5.32 Å². The molecule has 1 aliphatic rings. The number of hydrogen-bond acceptors (Lipinski definition) is 3. The summed E-state index contributed by atoms with van der Waals surface area (Å²) < 4.78 is 1.84. The van der Waals surface area contributed by atoms with E-state index in [-0.39, 0.29) is 23.7 Å². The lowest BCUT2D eigenvalue weighted by molar-refractivity contribution is -0.135. The van der Waals surface area contributed by atoms with Crippen LogP contribution in [0, 0.1) is 0 Å². The third kappa shape index (κ3) is 2.84. The first kappa shape index (κ1) is 14.9. The van der Waals surface area contributed by atoms with Gasteiger partial charge in [-0.1, -0.05) is 34.1 Å². The van der Waals surface area contributed by atoms with Gasteiger partial charge < -0.3 is 0 Å². The molecule has 1 aromatic heterocycles. The maximum Gasteiger partial charge on any atom is 0.234 e. The van der Waals surface area contributed by atoms with Crippen LogP contribution in [-0.4, -0.2) is 11.8 Å². The predicted molar refractivity (Wildman–Crippen MR) is 89.4 cm³/mol. The molecule has 1 saturated heterocycles. The molecule has 0 radical (unpaired) electrons. The van der Waals surface area contributed by atoms with Gasteiger partial charge in [-0.15, -0.1) is 11.3 Å². The van der Waals surface area contributed by atoms with Crippen molar-refractivity contribution in [3.8, 4) is 0 Å². The Kier molecular flexibility index (Phi) is 4.28. The third-order valence-electron chi connectivity index (χ3n) is 3.57. The van der Waals surface area contributed by atoms with Gasteiger partial charge in [-0.05, 0) is 39.0 Å². The Morgan fingerprint density at radius 1 is 1.10 bits per heavy atom. The highest BCUT2D eigenvalue weighted by Gasteiger charge is 2.40. The lowest BCUT2D eigenvalue weighted by Crippen LogP contribution is -2.43. The second-order valence-corrected chi connectivity index (χ2v) is 7.51. The van der Waals surface area contributed by atoms with Crippen molar-refractivity contribution in [3.05, 3.63) is 55.1 Å². The Labute approximate surface area is 143 Å².